The summed E-state index contributed by atoms with van der Waals surface area (Å²) >= 11 is 0. The smallest absolute Gasteiger partial charge is 0.134 e. The maximum absolute atomic E-state index is 6.18. The second kappa shape index (κ2) is 5.58. The predicted molar refractivity (Wildman–Crippen MR) is 82.6 cm³/mol. The number of fused-ring (bicyclic) bond motifs is 1. The van der Waals surface area contributed by atoms with E-state index in [-0.39, 0.29) is 6.04 Å². The highest BCUT2D eigenvalue weighted by atomic mass is 16.3. The number of hydrogen-bond acceptors (Lipinski definition) is 3. The molecule has 0 spiro atoms. The van der Waals surface area contributed by atoms with E-state index >= 15 is 0 Å². The van der Waals surface area contributed by atoms with Crippen molar-refractivity contribution >= 4 is 11.0 Å². The molecule has 1 aromatic heterocycles. The van der Waals surface area contributed by atoms with Gasteiger partial charge < -0.3 is 10.2 Å². The maximum atomic E-state index is 6.18. The monoisotopic (exact) mass is 272 g/mol. The van der Waals surface area contributed by atoms with E-state index in [2.05, 4.69) is 36.9 Å². The predicted octanol–water partition coefficient (Wildman–Crippen LogP) is 3.70. The molecule has 3 heteroatoms. The highest BCUT2D eigenvalue weighted by Gasteiger charge is 2.31. The molecule has 0 saturated carbocycles. The number of nitrogens with two attached hydrogens (primary N) is 1. The topological polar surface area (TPSA) is 42.4 Å². The van der Waals surface area contributed by atoms with Crippen LogP contribution in [0.4, 0.5) is 0 Å². The van der Waals surface area contributed by atoms with Crippen molar-refractivity contribution in [1.82, 2.24) is 4.90 Å². The number of likely N-dealkylation sites (tertiary alicyclic amines) is 1. The van der Waals surface area contributed by atoms with Crippen molar-refractivity contribution in [3.8, 4) is 0 Å². The first kappa shape index (κ1) is 13.7. The van der Waals surface area contributed by atoms with Crippen LogP contribution in [0.2, 0.25) is 0 Å². The molecule has 2 N–H and O–H groups in total. The van der Waals surface area contributed by atoms with Crippen molar-refractivity contribution in [2.75, 3.05) is 6.54 Å². The minimum Gasteiger partial charge on any atom is -0.459 e. The highest BCUT2D eigenvalue weighted by molar-refractivity contribution is 5.77. The van der Waals surface area contributed by atoms with E-state index in [1.165, 1.54) is 24.6 Å². The van der Waals surface area contributed by atoms with Gasteiger partial charge in [-0.05, 0) is 45.4 Å². The zero-order valence-electron chi connectivity index (χ0n) is 12.4. The Hall–Kier alpha value is -1.32. The summed E-state index contributed by atoms with van der Waals surface area (Å²) in [4.78, 5) is 2.52. The fourth-order valence-corrected chi connectivity index (χ4v) is 3.40. The van der Waals surface area contributed by atoms with Crippen LogP contribution in [-0.4, -0.2) is 23.5 Å². The molecule has 1 fully saturated rings. The Kier molecular flexibility index (Phi) is 3.81. The second-order valence-corrected chi connectivity index (χ2v) is 6.02. The van der Waals surface area contributed by atoms with E-state index in [0.29, 0.717) is 12.1 Å². The molecule has 3 unspecified atom stereocenters. The summed E-state index contributed by atoms with van der Waals surface area (Å²) in [5.74, 6) is 1.05. The lowest BCUT2D eigenvalue weighted by Gasteiger charge is -2.41. The third-order valence-electron chi connectivity index (χ3n) is 4.55. The molecule has 1 aliphatic heterocycles. The third-order valence-corrected chi connectivity index (χ3v) is 4.55. The van der Waals surface area contributed by atoms with Crippen LogP contribution >= 0.6 is 0 Å². The molecule has 0 aliphatic carbocycles. The summed E-state index contributed by atoms with van der Waals surface area (Å²) in [5, 5.41) is 1.18. The third kappa shape index (κ3) is 2.48. The molecule has 1 saturated heterocycles. The van der Waals surface area contributed by atoms with Crippen LogP contribution in [0.5, 0.6) is 0 Å². The van der Waals surface area contributed by atoms with E-state index in [9.17, 15) is 0 Å². The normalized spacial score (nSPS) is 23.9. The minimum absolute atomic E-state index is 0.210. The Labute approximate surface area is 120 Å². The van der Waals surface area contributed by atoms with E-state index < -0.39 is 0 Å². The van der Waals surface area contributed by atoms with Gasteiger partial charge >= 0.3 is 0 Å². The van der Waals surface area contributed by atoms with Gasteiger partial charge in [0.15, 0.2) is 0 Å². The Balaban J connectivity index is 1.88. The zero-order chi connectivity index (χ0) is 14.1. The first-order valence-corrected chi connectivity index (χ1v) is 7.66. The second-order valence-electron chi connectivity index (χ2n) is 6.02. The first-order chi connectivity index (χ1) is 9.66. The van der Waals surface area contributed by atoms with Crippen LogP contribution in [0, 0.1) is 0 Å². The van der Waals surface area contributed by atoms with Crippen molar-refractivity contribution in [2.24, 2.45) is 5.73 Å². The van der Waals surface area contributed by atoms with E-state index in [1.54, 1.807) is 0 Å². The van der Waals surface area contributed by atoms with E-state index in [1.807, 2.05) is 12.1 Å². The molecule has 0 amide bonds. The summed E-state index contributed by atoms with van der Waals surface area (Å²) in [5.41, 5.74) is 7.15. The minimum atomic E-state index is 0.210. The van der Waals surface area contributed by atoms with Gasteiger partial charge in [-0.1, -0.05) is 24.6 Å². The van der Waals surface area contributed by atoms with Gasteiger partial charge in [0.25, 0.3) is 0 Å². The van der Waals surface area contributed by atoms with Gasteiger partial charge in [-0.3, -0.25) is 4.90 Å². The lowest BCUT2D eigenvalue weighted by atomic mass is 9.95. The van der Waals surface area contributed by atoms with Gasteiger partial charge in [0.05, 0.1) is 6.04 Å². The van der Waals surface area contributed by atoms with Crippen LogP contribution in [0.25, 0.3) is 11.0 Å². The zero-order valence-corrected chi connectivity index (χ0v) is 12.4. The molecule has 1 aliphatic rings. The van der Waals surface area contributed by atoms with Crippen molar-refractivity contribution < 1.29 is 4.42 Å². The van der Waals surface area contributed by atoms with E-state index in [4.69, 9.17) is 10.2 Å². The fourth-order valence-electron chi connectivity index (χ4n) is 3.40. The lowest BCUT2D eigenvalue weighted by molar-refractivity contribution is 0.0793. The number of hydrogen-bond donors (Lipinski definition) is 1. The number of para-hydroxylation sites is 1. The molecule has 2 aromatic rings. The van der Waals surface area contributed by atoms with Gasteiger partial charge in [0.2, 0.25) is 0 Å². The van der Waals surface area contributed by atoms with Crippen molar-refractivity contribution in [1.29, 1.82) is 0 Å². The SMILES string of the molecule is CC(N)C1CCCCN1C(C)c1cc2ccccc2o1. The average Bonchev–Trinajstić information content (AvgIpc) is 2.90. The molecular formula is C17H24N2O. The first-order valence-electron chi connectivity index (χ1n) is 7.66. The number of rotatable bonds is 3. The molecule has 0 radical (unpaired) electrons. The van der Waals surface area contributed by atoms with Crippen LogP contribution in [-0.2, 0) is 0 Å². The Morgan fingerprint density at radius 3 is 2.80 bits per heavy atom. The number of nitrogens with zero attached hydrogens (tertiary/aromatic N) is 1. The van der Waals surface area contributed by atoms with Gasteiger partial charge in [-0.2, -0.15) is 0 Å². The van der Waals surface area contributed by atoms with Crippen LogP contribution in [0.1, 0.15) is 44.9 Å². The molecule has 2 heterocycles. The van der Waals surface area contributed by atoms with E-state index in [0.717, 1.165) is 17.9 Å². The lowest BCUT2D eigenvalue weighted by Crippen LogP contribution is -2.49. The quantitative estimate of drug-likeness (QED) is 0.926. The van der Waals surface area contributed by atoms with Gasteiger partial charge in [0.1, 0.15) is 11.3 Å². The molecule has 3 nitrogen and oxygen atoms in total. The van der Waals surface area contributed by atoms with Crippen molar-refractivity contribution in [3.63, 3.8) is 0 Å². The molecule has 3 atom stereocenters. The standard InChI is InChI=1S/C17H24N2O/c1-12(18)15-8-5-6-10-19(15)13(2)17-11-14-7-3-4-9-16(14)20-17/h3-4,7,9,11-13,15H,5-6,8,10,18H2,1-2H3. The van der Waals surface area contributed by atoms with Crippen LogP contribution < -0.4 is 5.73 Å². The summed E-state index contributed by atoms with van der Waals surface area (Å²) in [6, 6.07) is 11.4. The molecule has 1 aromatic carbocycles. The van der Waals surface area contributed by atoms with Gasteiger partial charge in [-0.25, -0.2) is 0 Å². The number of furan rings is 1. The molecule has 3 rings (SSSR count). The average molecular weight is 272 g/mol. The number of benzene rings is 1. The summed E-state index contributed by atoms with van der Waals surface area (Å²) in [6.07, 6.45) is 3.74. The van der Waals surface area contributed by atoms with Gasteiger partial charge in [0, 0.05) is 17.5 Å². The number of piperidine rings is 1. The fraction of sp³-hybridized carbons (Fsp3) is 0.529. The Morgan fingerprint density at radius 1 is 1.25 bits per heavy atom. The van der Waals surface area contributed by atoms with Crippen LogP contribution in [0.3, 0.4) is 0 Å². The Bertz CT molecular complexity index is 542. The Morgan fingerprint density at radius 2 is 2.05 bits per heavy atom. The molecular weight excluding hydrogens is 248 g/mol. The summed E-state index contributed by atoms with van der Waals surface area (Å²) in [7, 11) is 0. The van der Waals surface area contributed by atoms with Crippen LogP contribution in [0.15, 0.2) is 34.7 Å². The maximum Gasteiger partial charge on any atom is 0.134 e. The van der Waals surface area contributed by atoms with Crippen molar-refractivity contribution in [3.05, 3.63) is 36.1 Å². The molecule has 108 valence electrons. The summed E-state index contributed by atoms with van der Waals surface area (Å²) < 4.78 is 6.03. The van der Waals surface area contributed by atoms with Gasteiger partial charge in [-0.15, -0.1) is 0 Å². The summed E-state index contributed by atoms with van der Waals surface area (Å²) in [6.45, 7) is 5.47. The highest BCUT2D eigenvalue weighted by Crippen LogP contribution is 2.32. The van der Waals surface area contributed by atoms with Crippen molar-refractivity contribution in [2.45, 2.75) is 51.2 Å². The molecule has 20 heavy (non-hydrogen) atoms. The molecule has 0 bridgehead atoms. The largest absolute Gasteiger partial charge is 0.459 e.